The molecular formula is C12H14NO3-. The second-order valence-electron chi connectivity index (χ2n) is 3.74. The number of nitrogens with one attached hydrogen (secondary N) is 1. The number of aryl methyl sites for hydroxylation is 2. The molecule has 0 saturated heterocycles. The summed E-state index contributed by atoms with van der Waals surface area (Å²) in [6, 6.07) is 5.71. The first-order valence-electron chi connectivity index (χ1n) is 5.06. The highest BCUT2D eigenvalue weighted by Crippen LogP contribution is 2.16. The molecule has 0 aliphatic carbocycles. The van der Waals surface area contributed by atoms with Crippen molar-refractivity contribution in [3.63, 3.8) is 0 Å². The zero-order valence-corrected chi connectivity index (χ0v) is 9.37. The van der Waals surface area contributed by atoms with E-state index in [-0.39, 0.29) is 18.7 Å². The van der Waals surface area contributed by atoms with E-state index in [1.807, 2.05) is 32.0 Å². The van der Waals surface area contributed by atoms with Gasteiger partial charge in [0.1, 0.15) is 0 Å². The number of rotatable bonds is 4. The van der Waals surface area contributed by atoms with Gasteiger partial charge in [0.2, 0.25) is 5.91 Å². The highest BCUT2D eigenvalue weighted by molar-refractivity contribution is 5.93. The van der Waals surface area contributed by atoms with E-state index in [0.29, 0.717) is 0 Å². The van der Waals surface area contributed by atoms with E-state index in [4.69, 9.17) is 0 Å². The average Bonchev–Trinajstić information content (AvgIpc) is 2.20. The fourth-order valence-electron chi connectivity index (χ4n) is 1.30. The van der Waals surface area contributed by atoms with Gasteiger partial charge in [-0.1, -0.05) is 12.1 Å². The van der Waals surface area contributed by atoms with Crippen molar-refractivity contribution >= 4 is 17.6 Å². The normalized spacial score (nSPS) is 9.88. The number of benzene rings is 1. The predicted octanol–water partition coefficient (Wildman–Crippen LogP) is 0.772. The third-order valence-electron chi connectivity index (χ3n) is 2.22. The van der Waals surface area contributed by atoms with Gasteiger partial charge < -0.3 is 15.2 Å². The zero-order chi connectivity index (χ0) is 12.1. The molecule has 4 nitrogen and oxygen atoms in total. The van der Waals surface area contributed by atoms with E-state index in [1.54, 1.807) is 0 Å². The van der Waals surface area contributed by atoms with Gasteiger partial charge in [-0.05, 0) is 37.5 Å². The quantitative estimate of drug-likeness (QED) is 0.814. The molecule has 0 fully saturated rings. The van der Waals surface area contributed by atoms with Crippen molar-refractivity contribution in [2.24, 2.45) is 0 Å². The van der Waals surface area contributed by atoms with Gasteiger partial charge in [0.15, 0.2) is 0 Å². The molecule has 0 aliphatic heterocycles. The maximum absolute atomic E-state index is 11.4. The van der Waals surface area contributed by atoms with Crippen LogP contribution < -0.4 is 10.4 Å². The predicted molar refractivity (Wildman–Crippen MR) is 58.8 cm³/mol. The van der Waals surface area contributed by atoms with Gasteiger partial charge in [-0.25, -0.2) is 0 Å². The molecule has 0 radical (unpaired) electrons. The van der Waals surface area contributed by atoms with E-state index >= 15 is 0 Å². The highest BCUT2D eigenvalue weighted by Gasteiger charge is 2.04. The van der Waals surface area contributed by atoms with Gasteiger partial charge >= 0.3 is 0 Å². The molecule has 1 amide bonds. The lowest BCUT2D eigenvalue weighted by atomic mass is 10.1. The summed E-state index contributed by atoms with van der Waals surface area (Å²) in [5.41, 5.74) is 2.72. The summed E-state index contributed by atoms with van der Waals surface area (Å²) in [6.45, 7) is 3.81. The van der Waals surface area contributed by atoms with Gasteiger partial charge in [0, 0.05) is 18.1 Å². The Hall–Kier alpha value is -1.84. The van der Waals surface area contributed by atoms with Crippen molar-refractivity contribution in [1.29, 1.82) is 0 Å². The minimum Gasteiger partial charge on any atom is -0.550 e. The van der Waals surface area contributed by atoms with E-state index in [1.165, 1.54) is 0 Å². The summed E-state index contributed by atoms with van der Waals surface area (Å²) >= 11 is 0. The van der Waals surface area contributed by atoms with Crippen LogP contribution in [0.4, 0.5) is 5.69 Å². The molecule has 0 spiro atoms. The van der Waals surface area contributed by atoms with Crippen LogP contribution in [0.25, 0.3) is 0 Å². The first-order chi connectivity index (χ1) is 7.49. The minimum atomic E-state index is -1.21. The Morgan fingerprint density at radius 2 is 1.94 bits per heavy atom. The molecule has 1 aromatic carbocycles. The first kappa shape index (κ1) is 12.2. The van der Waals surface area contributed by atoms with Crippen LogP contribution in [-0.2, 0) is 9.59 Å². The molecule has 4 heteroatoms. The van der Waals surface area contributed by atoms with Crippen molar-refractivity contribution in [1.82, 2.24) is 0 Å². The van der Waals surface area contributed by atoms with Crippen LogP contribution in [0.2, 0.25) is 0 Å². The summed E-state index contributed by atoms with van der Waals surface area (Å²) in [5, 5.41) is 12.9. The van der Waals surface area contributed by atoms with E-state index in [2.05, 4.69) is 5.32 Å². The number of carboxylic acid groups (broad SMARTS) is 1. The Kier molecular flexibility index (Phi) is 4.05. The number of aliphatic carboxylic acids is 1. The minimum absolute atomic E-state index is 0.0598. The van der Waals surface area contributed by atoms with Gasteiger partial charge in [-0.2, -0.15) is 0 Å². The number of hydrogen-bond acceptors (Lipinski definition) is 3. The number of carbonyl (C=O) groups is 2. The highest BCUT2D eigenvalue weighted by atomic mass is 16.4. The van der Waals surface area contributed by atoms with E-state index < -0.39 is 5.97 Å². The van der Waals surface area contributed by atoms with Gasteiger partial charge in [-0.3, -0.25) is 4.79 Å². The zero-order valence-electron chi connectivity index (χ0n) is 9.37. The van der Waals surface area contributed by atoms with Crippen molar-refractivity contribution in [3.05, 3.63) is 29.3 Å². The van der Waals surface area contributed by atoms with Crippen LogP contribution in [-0.4, -0.2) is 11.9 Å². The molecular weight excluding hydrogens is 206 g/mol. The van der Waals surface area contributed by atoms with E-state index in [9.17, 15) is 14.7 Å². The molecule has 1 aromatic rings. The first-order valence-corrected chi connectivity index (χ1v) is 5.06. The molecule has 0 aliphatic rings. The molecule has 86 valence electrons. The van der Waals surface area contributed by atoms with Gasteiger partial charge in [-0.15, -0.1) is 0 Å². The molecule has 16 heavy (non-hydrogen) atoms. The number of carbonyl (C=O) groups excluding carboxylic acids is 2. The Morgan fingerprint density at radius 1 is 1.25 bits per heavy atom. The molecule has 0 heterocycles. The fraction of sp³-hybridized carbons (Fsp3) is 0.333. The van der Waals surface area contributed by atoms with Crippen molar-refractivity contribution in [3.8, 4) is 0 Å². The summed E-state index contributed by atoms with van der Waals surface area (Å²) in [6.07, 6.45) is -0.313. The maximum atomic E-state index is 11.4. The van der Waals surface area contributed by atoms with E-state index in [0.717, 1.165) is 16.8 Å². The summed E-state index contributed by atoms with van der Waals surface area (Å²) in [5.74, 6) is -1.52. The monoisotopic (exact) mass is 220 g/mol. The van der Waals surface area contributed by atoms with Crippen molar-refractivity contribution in [2.75, 3.05) is 5.32 Å². The lowest BCUT2D eigenvalue weighted by Gasteiger charge is -2.09. The molecule has 1 rings (SSSR count). The molecule has 0 bridgehead atoms. The number of anilines is 1. The Bertz CT molecular complexity index is 413. The van der Waals surface area contributed by atoms with Crippen LogP contribution >= 0.6 is 0 Å². The Morgan fingerprint density at radius 3 is 2.56 bits per heavy atom. The van der Waals surface area contributed by atoms with Gasteiger partial charge in [0.25, 0.3) is 0 Å². The fourth-order valence-corrected chi connectivity index (χ4v) is 1.30. The topological polar surface area (TPSA) is 69.2 Å². The summed E-state index contributed by atoms with van der Waals surface area (Å²) in [4.78, 5) is 21.6. The lowest BCUT2D eigenvalue weighted by Crippen LogP contribution is -2.24. The average molecular weight is 220 g/mol. The second-order valence-corrected chi connectivity index (χ2v) is 3.74. The smallest absolute Gasteiger partial charge is 0.224 e. The van der Waals surface area contributed by atoms with Crippen molar-refractivity contribution < 1.29 is 14.7 Å². The molecule has 1 N–H and O–H groups in total. The summed E-state index contributed by atoms with van der Waals surface area (Å²) in [7, 11) is 0. The molecule has 0 atom stereocenters. The standard InChI is InChI=1S/C12H15NO3/c1-8-3-4-9(2)10(7-8)13-11(14)5-6-12(15)16/h3-4,7H,5-6H2,1-2H3,(H,13,14)(H,15,16)/p-1. The molecule has 0 aromatic heterocycles. The molecule has 0 unspecified atom stereocenters. The maximum Gasteiger partial charge on any atom is 0.224 e. The number of amides is 1. The van der Waals surface area contributed by atoms with Crippen LogP contribution in [0.3, 0.4) is 0 Å². The Labute approximate surface area is 94.3 Å². The van der Waals surface area contributed by atoms with Crippen LogP contribution in [0, 0.1) is 13.8 Å². The SMILES string of the molecule is Cc1ccc(C)c(NC(=O)CCC(=O)[O-])c1. The van der Waals surface area contributed by atoms with Crippen LogP contribution in [0.15, 0.2) is 18.2 Å². The van der Waals surface area contributed by atoms with Crippen molar-refractivity contribution in [2.45, 2.75) is 26.7 Å². The van der Waals surface area contributed by atoms with Crippen LogP contribution in [0.1, 0.15) is 24.0 Å². The third-order valence-corrected chi connectivity index (χ3v) is 2.22. The number of carboxylic acids is 1. The number of hydrogen-bond donors (Lipinski definition) is 1. The second kappa shape index (κ2) is 5.30. The summed E-state index contributed by atoms with van der Waals surface area (Å²) < 4.78 is 0. The van der Waals surface area contributed by atoms with Crippen LogP contribution in [0.5, 0.6) is 0 Å². The lowest BCUT2D eigenvalue weighted by molar-refractivity contribution is -0.305. The largest absolute Gasteiger partial charge is 0.550 e. The Balaban J connectivity index is 2.62. The van der Waals surface area contributed by atoms with Gasteiger partial charge in [0.05, 0.1) is 0 Å². The third kappa shape index (κ3) is 3.73. The molecule has 0 saturated carbocycles.